The summed E-state index contributed by atoms with van der Waals surface area (Å²) in [6.45, 7) is 2.11. The molecule has 0 spiro atoms. The standard InChI is InChI=1S/C22H22ClNO6/c1-12-9-15(21(30-3)16(23)10-12)19(26)17-18(13-5-4-6-14(25)11-13)24(7-8-29-2)22(28)20(17)27/h4-6,9-11,18,25-26H,7-8H2,1-3H3/b19-17+. The maximum absolute atomic E-state index is 12.9. The van der Waals surface area contributed by atoms with E-state index < -0.39 is 23.5 Å². The van der Waals surface area contributed by atoms with Crippen molar-refractivity contribution in [1.82, 2.24) is 4.90 Å². The highest BCUT2D eigenvalue weighted by Gasteiger charge is 2.46. The number of benzene rings is 2. The van der Waals surface area contributed by atoms with Crippen molar-refractivity contribution < 1.29 is 29.3 Å². The molecular weight excluding hydrogens is 410 g/mol. The molecule has 2 aromatic rings. The Bertz CT molecular complexity index is 1030. The van der Waals surface area contributed by atoms with Gasteiger partial charge in [-0.2, -0.15) is 0 Å². The van der Waals surface area contributed by atoms with Crippen LogP contribution in [0.4, 0.5) is 0 Å². The van der Waals surface area contributed by atoms with E-state index in [2.05, 4.69) is 0 Å². The van der Waals surface area contributed by atoms with Crippen molar-refractivity contribution in [3.8, 4) is 11.5 Å². The van der Waals surface area contributed by atoms with Crippen LogP contribution >= 0.6 is 11.6 Å². The Morgan fingerprint density at radius 3 is 2.57 bits per heavy atom. The Morgan fingerprint density at radius 2 is 1.93 bits per heavy atom. The van der Waals surface area contributed by atoms with Gasteiger partial charge in [0.2, 0.25) is 0 Å². The number of phenols is 1. The molecule has 1 aliphatic heterocycles. The summed E-state index contributed by atoms with van der Waals surface area (Å²) in [4.78, 5) is 27.0. The number of hydrogen-bond donors (Lipinski definition) is 2. The van der Waals surface area contributed by atoms with Gasteiger partial charge < -0.3 is 24.6 Å². The first-order valence-electron chi connectivity index (χ1n) is 9.21. The molecule has 1 saturated heterocycles. The van der Waals surface area contributed by atoms with Crippen molar-refractivity contribution in [1.29, 1.82) is 0 Å². The number of ketones is 1. The van der Waals surface area contributed by atoms with E-state index in [1.807, 2.05) is 0 Å². The van der Waals surface area contributed by atoms with E-state index in [0.717, 1.165) is 5.56 Å². The minimum atomic E-state index is -0.906. The summed E-state index contributed by atoms with van der Waals surface area (Å²) >= 11 is 6.25. The van der Waals surface area contributed by atoms with Gasteiger partial charge in [0.25, 0.3) is 11.7 Å². The number of halogens is 1. The van der Waals surface area contributed by atoms with Crippen molar-refractivity contribution in [3.63, 3.8) is 0 Å². The second kappa shape index (κ2) is 8.77. The van der Waals surface area contributed by atoms with Gasteiger partial charge in [0.1, 0.15) is 17.3 Å². The van der Waals surface area contributed by atoms with Crippen LogP contribution in [-0.2, 0) is 14.3 Å². The fraction of sp³-hybridized carbons (Fsp3) is 0.273. The molecule has 0 aromatic heterocycles. The van der Waals surface area contributed by atoms with Crippen molar-refractivity contribution >= 4 is 29.1 Å². The number of ether oxygens (including phenoxy) is 2. The summed E-state index contributed by atoms with van der Waals surface area (Å²) in [5.41, 5.74) is 1.31. The van der Waals surface area contributed by atoms with Crippen molar-refractivity contribution in [2.24, 2.45) is 0 Å². The second-order valence-electron chi connectivity index (χ2n) is 6.91. The van der Waals surface area contributed by atoms with Crippen LogP contribution in [0.15, 0.2) is 42.0 Å². The van der Waals surface area contributed by atoms with Gasteiger partial charge in [-0.25, -0.2) is 0 Å². The zero-order valence-electron chi connectivity index (χ0n) is 16.8. The third kappa shape index (κ3) is 3.86. The van der Waals surface area contributed by atoms with Crippen LogP contribution in [0.25, 0.3) is 5.76 Å². The van der Waals surface area contributed by atoms with E-state index in [1.54, 1.807) is 31.2 Å². The molecule has 3 rings (SSSR count). The van der Waals surface area contributed by atoms with Crippen LogP contribution in [0.3, 0.4) is 0 Å². The molecule has 1 aliphatic rings. The van der Waals surface area contributed by atoms with Crippen LogP contribution < -0.4 is 4.74 Å². The summed E-state index contributed by atoms with van der Waals surface area (Å²) in [5, 5.41) is 21.4. The summed E-state index contributed by atoms with van der Waals surface area (Å²) in [7, 11) is 2.89. The summed E-state index contributed by atoms with van der Waals surface area (Å²) in [6, 6.07) is 8.59. The fourth-order valence-corrected chi connectivity index (χ4v) is 3.95. The lowest BCUT2D eigenvalue weighted by molar-refractivity contribution is -0.140. The molecule has 1 atom stereocenters. The average Bonchev–Trinajstić information content (AvgIpc) is 2.96. The van der Waals surface area contributed by atoms with Gasteiger partial charge >= 0.3 is 0 Å². The van der Waals surface area contributed by atoms with E-state index in [1.165, 1.54) is 31.3 Å². The number of aliphatic hydroxyl groups is 1. The molecule has 1 unspecified atom stereocenters. The molecule has 0 radical (unpaired) electrons. The lowest BCUT2D eigenvalue weighted by Crippen LogP contribution is -2.32. The van der Waals surface area contributed by atoms with Gasteiger partial charge in [0, 0.05) is 13.7 Å². The largest absolute Gasteiger partial charge is 0.508 e. The zero-order valence-corrected chi connectivity index (χ0v) is 17.6. The van der Waals surface area contributed by atoms with E-state index in [0.29, 0.717) is 5.56 Å². The number of Topliss-reactive ketones (excluding diaryl/α,β-unsaturated/α-hetero) is 1. The number of hydrogen-bond acceptors (Lipinski definition) is 6. The van der Waals surface area contributed by atoms with Gasteiger partial charge in [0.05, 0.1) is 35.9 Å². The number of amides is 1. The van der Waals surface area contributed by atoms with Crippen LogP contribution in [0, 0.1) is 6.92 Å². The predicted molar refractivity (Wildman–Crippen MR) is 112 cm³/mol. The molecule has 30 heavy (non-hydrogen) atoms. The first kappa shape index (κ1) is 21.7. The number of carbonyl (C=O) groups is 2. The van der Waals surface area contributed by atoms with Gasteiger partial charge in [-0.1, -0.05) is 23.7 Å². The van der Waals surface area contributed by atoms with E-state index in [9.17, 15) is 19.8 Å². The number of aliphatic hydroxyl groups excluding tert-OH is 1. The van der Waals surface area contributed by atoms with Gasteiger partial charge in [0.15, 0.2) is 0 Å². The van der Waals surface area contributed by atoms with Gasteiger partial charge in [-0.3, -0.25) is 9.59 Å². The quantitative estimate of drug-likeness (QED) is 0.413. The molecule has 0 saturated carbocycles. The zero-order chi connectivity index (χ0) is 22.0. The number of aryl methyl sites for hydroxylation is 1. The summed E-state index contributed by atoms with van der Waals surface area (Å²) in [6.07, 6.45) is 0. The Morgan fingerprint density at radius 1 is 1.20 bits per heavy atom. The monoisotopic (exact) mass is 431 g/mol. The first-order valence-corrected chi connectivity index (χ1v) is 9.58. The van der Waals surface area contributed by atoms with Crippen molar-refractivity contribution in [2.75, 3.05) is 27.4 Å². The lowest BCUT2D eigenvalue weighted by Gasteiger charge is -2.25. The third-order valence-electron chi connectivity index (χ3n) is 4.91. The van der Waals surface area contributed by atoms with Crippen LogP contribution in [0.1, 0.15) is 22.7 Å². The average molecular weight is 432 g/mol. The second-order valence-corrected chi connectivity index (χ2v) is 7.32. The topological polar surface area (TPSA) is 96.3 Å². The Kier molecular flexibility index (Phi) is 6.34. The normalized spacial score (nSPS) is 18.1. The van der Waals surface area contributed by atoms with Gasteiger partial charge in [-0.05, 0) is 42.3 Å². The number of likely N-dealkylation sites (tertiary alicyclic amines) is 1. The smallest absolute Gasteiger partial charge is 0.295 e. The third-order valence-corrected chi connectivity index (χ3v) is 5.19. The van der Waals surface area contributed by atoms with Gasteiger partial charge in [-0.15, -0.1) is 0 Å². The molecule has 2 N–H and O–H groups in total. The molecule has 8 heteroatoms. The maximum atomic E-state index is 12.9. The minimum Gasteiger partial charge on any atom is -0.508 e. The summed E-state index contributed by atoms with van der Waals surface area (Å²) in [5.74, 6) is -1.83. The first-order chi connectivity index (χ1) is 14.3. The number of rotatable bonds is 6. The number of nitrogens with zero attached hydrogens (tertiary/aromatic N) is 1. The highest BCUT2D eigenvalue weighted by molar-refractivity contribution is 6.46. The highest BCUT2D eigenvalue weighted by atomic mass is 35.5. The summed E-state index contributed by atoms with van der Waals surface area (Å²) < 4.78 is 10.4. The molecule has 1 fully saturated rings. The number of phenolic OH excluding ortho intramolecular Hbond substituents is 1. The van der Waals surface area contributed by atoms with Crippen LogP contribution in [0.5, 0.6) is 11.5 Å². The fourth-order valence-electron chi connectivity index (χ4n) is 3.60. The molecule has 1 amide bonds. The Hall–Kier alpha value is -3.03. The molecule has 1 heterocycles. The Balaban J connectivity index is 2.27. The van der Waals surface area contributed by atoms with Crippen LogP contribution in [0.2, 0.25) is 5.02 Å². The molecule has 2 aromatic carbocycles. The lowest BCUT2D eigenvalue weighted by atomic mass is 9.94. The SMILES string of the molecule is COCCN1C(=O)C(=O)/C(=C(/O)c2cc(C)cc(Cl)c2OC)C1c1cccc(O)c1. The highest BCUT2D eigenvalue weighted by Crippen LogP contribution is 2.43. The number of aromatic hydroxyl groups is 1. The number of methoxy groups -OCH3 is 2. The van der Waals surface area contributed by atoms with Crippen molar-refractivity contribution in [3.05, 3.63) is 63.7 Å². The van der Waals surface area contributed by atoms with E-state index in [4.69, 9.17) is 21.1 Å². The molecule has 0 bridgehead atoms. The van der Waals surface area contributed by atoms with E-state index in [-0.39, 0.29) is 40.8 Å². The van der Waals surface area contributed by atoms with Crippen LogP contribution in [-0.4, -0.2) is 54.2 Å². The molecule has 0 aliphatic carbocycles. The molecule has 158 valence electrons. The van der Waals surface area contributed by atoms with Crippen molar-refractivity contribution in [2.45, 2.75) is 13.0 Å². The van der Waals surface area contributed by atoms with E-state index >= 15 is 0 Å². The predicted octanol–water partition coefficient (Wildman–Crippen LogP) is 3.43. The minimum absolute atomic E-state index is 0.0268. The molecule has 7 nitrogen and oxygen atoms in total. The maximum Gasteiger partial charge on any atom is 0.295 e. The molecular formula is C22H22ClNO6. The number of carbonyl (C=O) groups excluding carboxylic acids is 2. The Labute approximate surface area is 179 Å².